The molecule has 0 aliphatic carbocycles. The molecule has 0 radical (unpaired) electrons. The first-order valence-electron chi connectivity index (χ1n) is 7.61. The van der Waals surface area contributed by atoms with Crippen LogP contribution in [0.2, 0.25) is 0 Å². The topological polar surface area (TPSA) is 75.8 Å². The Bertz CT molecular complexity index is 490. The fraction of sp³-hybridized carbons (Fsp3) is 0.562. The van der Waals surface area contributed by atoms with Crippen molar-refractivity contribution in [3.8, 4) is 5.75 Å². The molecule has 116 valence electrons. The number of nitrogens with two attached hydrogens (primary N) is 1. The molecule has 1 atom stereocenters. The number of hydrogen-bond acceptors (Lipinski definition) is 4. The van der Waals surface area contributed by atoms with Crippen LogP contribution >= 0.6 is 0 Å². The van der Waals surface area contributed by atoms with Gasteiger partial charge in [-0.1, -0.05) is 12.8 Å². The molecular formula is C16H24N2O3. The summed E-state index contributed by atoms with van der Waals surface area (Å²) in [6.45, 7) is 3.11. The maximum absolute atomic E-state index is 12.7. The molecule has 1 amide bonds. The van der Waals surface area contributed by atoms with Crippen molar-refractivity contribution < 1.29 is 14.6 Å². The summed E-state index contributed by atoms with van der Waals surface area (Å²) in [6.07, 6.45) is 3.98. The molecule has 1 saturated heterocycles. The lowest BCUT2D eigenvalue weighted by atomic mass is 10.1. The second-order valence-corrected chi connectivity index (χ2v) is 5.41. The number of rotatable bonds is 4. The number of amides is 1. The molecule has 0 aromatic heterocycles. The van der Waals surface area contributed by atoms with Gasteiger partial charge in [-0.25, -0.2) is 0 Å². The van der Waals surface area contributed by atoms with Crippen molar-refractivity contribution in [2.45, 2.75) is 38.6 Å². The molecule has 1 heterocycles. The highest BCUT2D eigenvalue weighted by Gasteiger charge is 2.26. The van der Waals surface area contributed by atoms with Crippen LogP contribution in [-0.4, -0.2) is 41.7 Å². The van der Waals surface area contributed by atoms with Gasteiger partial charge in [0, 0.05) is 23.9 Å². The Morgan fingerprint density at radius 2 is 2.19 bits per heavy atom. The van der Waals surface area contributed by atoms with Gasteiger partial charge < -0.3 is 20.5 Å². The minimum Gasteiger partial charge on any atom is -0.494 e. The predicted molar refractivity (Wildman–Crippen MR) is 82.4 cm³/mol. The quantitative estimate of drug-likeness (QED) is 0.833. The second kappa shape index (κ2) is 7.31. The first kappa shape index (κ1) is 15.6. The third-order valence-electron chi connectivity index (χ3n) is 3.84. The number of anilines is 1. The van der Waals surface area contributed by atoms with Crippen molar-refractivity contribution in [2.75, 3.05) is 25.5 Å². The van der Waals surface area contributed by atoms with E-state index in [1.54, 1.807) is 23.1 Å². The summed E-state index contributed by atoms with van der Waals surface area (Å²) in [5, 5.41) is 9.53. The average molecular weight is 292 g/mol. The van der Waals surface area contributed by atoms with Crippen LogP contribution in [-0.2, 0) is 0 Å². The molecule has 2 rings (SSSR count). The average Bonchev–Trinajstić information content (AvgIpc) is 2.71. The van der Waals surface area contributed by atoms with E-state index in [0.717, 1.165) is 25.7 Å². The SMILES string of the molecule is CCOc1cc(N)cc(C(=O)N2CCCCCC2CO)c1. The van der Waals surface area contributed by atoms with E-state index in [1.165, 1.54) is 0 Å². The number of hydrogen-bond donors (Lipinski definition) is 2. The van der Waals surface area contributed by atoms with Crippen molar-refractivity contribution in [3.05, 3.63) is 23.8 Å². The largest absolute Gasteiger partial charge is 0.494 e. The van der Waals surface area contributed by atoms with Crippen LogP contribution in [0.5, 0.6) is 5.75 Å². The van der Waals surface area contributed by atoms with Crippen LogP contribution in [0.15, 0.2) is 18.2 Å². The Hall–Kier alpha value is -1.75. The highest BCUT2D eigenvalue weighted by molar-refractivity contribution is 5.95. The third kappa shape index (κ3) is 3.88. The van der Waals surface area contributed by atoms with E-state index in [9.17, 15) is 9.90 Å². The molecule has 21 heavy (non-hydrogen) atoms. The van der Waals surface area contributed by atoms with Gasteiger partial charge in [0.1, 0.15) is 5.75 Å². The van der Waals surface area contributed by atoms with Crippen molar-refractivity contribution in [3.63, 3.8) is 0 Å². The molecule has 5 nitrogen and oxygen atoms in total. The van der Waals surface area contributed by atoms with E-state index in [2.05, 4.69) is 0 Å². The molecule has 1 aromatic carbocycles. The Morgan fingerprint density at radius 1 is 1.38 bits per heavy atom. The molecule has 0 saturated carbocycles. The van der Waals surface area contributed by atoms with Gasteiger partial charge in [0.25, 0.3) is 5.91 Å². The summed E-state index contributed by atoms with van der Waals surface area (Å²) in [7, 11) is 0. The van der Waals surface area contributed by atoms with Gasteiger partial charge in [0.2, 0.25) is 0 Å². The molecule has 1 unspecified atom stereocenters. The second-order valence-electron chi connectivity index (χ2n) is 5.41. The monoisotopic (exact) mass is 292 g/mol. The molecule has 1 aliphatic heterocycles. The zero-order valence-corrected chi connectivity index (χ0v) is 12.5. The zero-order valence-electron chi connectivity index (χ0n) is 12.5. The van der Waals surface area contributed by atoms with Crippen LogP contribution in [0.25, 0.3) is 0 Å². The number of carbonyl (C=O) groups excluding carboxylic acids is 1. The van der Waals surface area contributed by atoms with Crippen molar-refractivity contribution in [1.82, 2.24) is 4.90 Å². The van der Waals surface area contributed by atoms with Crippen molar-refractivity contribution in [1.29, 1.82) is 0 Å². The lowest BCUT2D eigenvalue weighted by molar-refractivity contribution is 0.0599. The van der Waals surface area contributed by atoms with E-state index in [4.69, 9.17) is 10.5 Å². The molecular weight excluding hydrogens is 268 g/mol. The minimum atomic E-state index is -0.100. The van der Waals surface area contributed by atoms with E-state index >= 15 is 0 Å². The molecule has 0 bridgehead atoms. The molecule has 1 fully saturated rings. The maximum Gasteiger partial charge on any atom is 0.254 e. The fourth-order valence-corrected chi connectivity index (χ4v) is 2.80. The molecule has 0 spiro atoms. The summed E-state index contributed by atoms with van der Waals surface area (Å²) in [6, 6.07) is 5.01. The summed E-state index contributed by atoms with van der Waals surface area (Å²) >= 11 is 0. The Balaban J connectivity index is 2.24. The molecule has 5 heteroatoms. The minimum absolute atomic E-state index is 0.00632. The number of ether oxygens (including phenoxy) is 1. The van der Waals surface area contributed by atoms with Crippen LogP contribution < -0.4 is 10.5 Å². The van der Waals surface area contributed by atoms with Gasteiger partial charge in [-0.15, -0.1) is 0 Å². The van der Waals surface area contributed by atoms with E-state index in [-0.39, 0.29) is 18.6 Å². The number of aliphatic hydroxyl groups excluding tert-OH is 1. The number of carbonyl (C=O) groups is 1. The van der Waals surface area contributed by atoms with Gasteiger partial charge in [0.15, 0.2) is 0 Å². The van der Waals surface area contributed by atoms with Gasteiger partial charge >= 0.3 is 0 Å². The summed E-state index contributed by atoms with van der Waals surface area (Å²) in [5.41, 5.74) is 6.90. The molecule has 1 aliphatic rings. The molecule has 3 N–H and O–H groups in total. The standard InChI is InChI=1S/C16H24N2O3/c1-2-21-15-9-12(8-13(17)10-15)16(20)18-7-5-3-4-6-14(18)11-19/h8-10,14,19H,2-7,11,17H2,1H3. The summed E-state index contributed by atoms with van der Waals surface area (Å²) in [4.78, 5) is 14.5. The number of aliphatic hydroxyl groups is 1. The first-order chi connectivity index (χ1) is 10.2. The Morgan fingerprint density at radius 3 is 2.90 bits per heavy atom. The predicted octanol–water partition coefficient (Wildman–Crippen LogP) is 2.04. The van der Waals surface area contributed by atoms with Gasteiger partial charge in [-0.3, -0.25) is 4.79 Å². The smallest absolute Gasteiger partial charge is 0.254 e. The highest BCUT2D eigenvalue weighted by atomic mass is 16.5. The Labute approximate surface area is 125 Å². The van der Waals surface area contributed by atoms with E-state index in [0.29, 0.717) is 30.2 Å². The first-order valence-corrected chi connectivity index (χ1v) is 7.61. The summed E-state index contributed by atoms with van der Waals surface area (Å²) < 4.78 is 5.44. The number of nitrogens with zero attached hydrogens (tertiary/aromatic N) is 1. The van der Waals surface area contributed by atoms with Crippen molar-refractivity contribution in [2.24, 2.45) is 0 Å². The lowest BCUT2D eigenvalue weighted by Crippen LogP contribution is -2.42. The van der Waals surface area contributed by atoms with Crippen LogP contribution in [0.4, 0.5) is 5.69 Å². The maximum atomic E-state index is 12.7. The van der Waals surface area contributed by atoms with E-state index < -0.39 is 0 Å². The normalized spacial score (nSPS) is 19.1. The fourth-order valence-electron chi connectivity index (χ4n) is 2.80. The van der Waals surface area contributed by atoms with Gasteiger partial charge in [-0.2, -0.15) is 0 Å². The molecule has 1 aromatic rings. The number of likely N-dealkylation sites (tertiary alicyclic amines) is 1. The highest BCUT2D eigenvalue weighted by Crippen LogP contribution is 2.23. The van der Waals surface area contributed by atoms with Crippen LogP contribution in [0, 0.1) is 0 Å². The number of benzene rings is 1. The van der Waals surface area contributed by atoms with E-state index in [1.807, 2.05) is 6.92 Å². The van der Waals surface area contributed by atoms with Crippen LogP contribution in [0.1, 0.15) is 43.0 Å². The lowest BCUT2D eigenvalue weighted by Gasteiger charge is -2.29. The zero-order chi connectivity index (χ0) is 15.2. The third-order valence-corrected chi connectivity index (χ3v) is 3.84. The number of nitrogen functional groups attached to an aromatic ring is 1. The summed E-state index contributed by atoms with van der Waals surface area (Å²) in [5.74, 6) is 0.528. The van der Waals surface area contributed by atoms with Gasteiger partial charge in [-0.05, 0) is 31.9 Å². The van der Waals surface area contributed by atoms with Crippen molar-refractivity contribution >= 4 is 11.6 Å². The van der Waals surface area contributed by atoms with Gasteiger partial charge in [0.05, 0.1) is 19.3 Å². The Kier molecular flexibility index (Phi) is 5.44. The van der Waals surface area contributed by atoms with Crippen LogP contribution in [0.3, 0.4) is 0 Å².